The Labute approximate surface area is 171 Å². The van der Waals surface area contributed by atoms with Crippen LogP contribution in [-0.4, -0.2) is 35.9 Å². The topological polar surface area (TPSA) is 80.7 Å². The third-order valence-corrected chi connectivity index (χ3v) is 4.59. The standard InChI is InChI=1S/C21H21F3N2O4/c1-11(2)30-19-17-14(8-9-25-19)26-15(10-29-3)18(20(27)28)16(17)12-6-4-5-7-13(12)21(22,23)24/h4-9,11,16,26H,10H2,1-3H3,(H,27,28). The van der Waals surface area contributed by atoms with Gasteiger partial charge in [-0.1, -0.05) is 18.2 Å². The molecule has 0 radical (unpaired) electrons. The molecule has 0 spiro atoms. The van der Waals surface area contributed by atoms with E-state index < -0.39 is 23.6 Å². The molecule has 0 saturated heterocycles. The molecule has 1 aliphatic heterocycles. The first-order valence-electron chi connectivity index (χ1n) is 9.19. The van der Waals surface area contributed by atoms with Crippen molar-refractivity contribution in [3.8, 4) is 5.88 Å². The lowest BCUT2D eigenvalue weighted by Crippen LogP contribution is -2.28. The van der Waals surface area contributed by atoms with Gasteiger partial charge in [0.1, 0.15) is 0 Å². The Balaban J connectivity index is 2.37. The summed E-state index contributed by atoms with van der Waals surface area (Å²) in [5, 5.41) is 12.9. The smallest absolute Gasteiger partial charge is 0.416 e. The molecule has 1 atom stereocenters. The number of ether oxygens (including phenoxy) is 2. The number of carboxylic acids is 1. The van der Waals surface area contributed by atoms with Crippen LogP contribution in [0.4, 0.5) is 18.9 Å². The number of carboxylic acid groups (broad SMARTS) is 1. The molecule has 2 heterocycles. The molecule has 9 heteroatoms. The lowest BCUT2D eigenvalue weighted by molar-refractivity contribution is -0.139. The maximum absolute atomic E-state index is 13.8. The average molecular weight is 422 g/mol. The van der Waals surface area contributed by atoms with Gasteiger partial charge in [0.2, 0.25) is 5.88 Å². The van der Waals surface area contributed by atoms with E-state index >= 15 is 0 Å². The number of hydrogen-bond acceptors (Lipinski definition) is 5. The van der Waals surface area contributed by atoms with Gasteiger partial charge >= 0.3 is 12.1 Å². The van der Waals surface area contributed by atoms with Gasteiger partial charge in [-0.05, 0) is 31.5 Å². The number of carbonyl (C=O) groups is 1. The van der Waals surface area contributed by atoms with Crippen molar-refractivity contribution in [1.29, 1.82) is 0 Å². The van der Waals surface area contributed by atoms with Gasteiger partial charge in [0.15, 0.2) is 0 Å². The number of fused-ring (bicyclic) bond motifs is 1. The number of halogens is 3. The number of nitrogens with one attached hydrogen (secondary N) is 1. The van der Waals surface area contributed by atoms with Gasteiger partial charge in [0.05, 0.1) is 35.5 Å². The van der Waals surface area contributed by atoms with Crippen molar-refractivity contribution in [2.24, 2.45) is 0 Å². The normalized spacial score (nSPS) is 16.3. The largest absolute Gasteiger partial charge is 0.478 e. The van der Waals surface area contributed by atoms with Crippen LogP contribution in [0.5, 0.6) is 5.88 Å². The van der Waals surface area contributed by atoms with E-state index in [0.29, 0.717) is 5.69 Å². The van der Waals surface area contributed by atoms with Crippen molar-refractivity contribution in [1.82, 2.24) is 4.98 Å². The number of aromatic nitrogens is 1. The highest BCUT2D eigenvalue weighted by Crippen LogP contribution is 2.48. The van der Waals surface area contributed by atoms with Crippen LogP contribution < -0.4 is 10.1 Å². The Morgan fingerprint density at radius 1 is 1.27 bits per heavy atom. The first kappa shape index (κ1) is 21.6. The molecule has 0 bridgehead atoms. The summed E-state index contributed by atoms with van der Waals surface area (Å²) in [6.07, 6.45) is -3.54. The number of anilines is 1. The molecular weight excluding hydrogens is 401 g/mol. The summed E-state index contributed by atoms with van der Waals surface area (Å²) in [5.41, 5.74) is -0.540. The molecule has 6 nitrogen and oxygen atoms in total. The highest BCUT2D eigenvalue weighted by atomic mass is 19.4. The van der Waals surface area contributed by atoms with E-state index in [1.165, 1.54) is 31.5 Å². The quantitative estimate of drug-likeness (QED) is 0.717. The minimum atomic E-state index is -4.67. The second-order valence-electron chi connectivity index (χ2n) is 7.02. The number of hydrogen-bond donors (Lipinski definition) is 2. The van der Waals surface area contributed by atoms with E-state index in [-0.39, 0.29) is 41.0 Å². The Morgan fingerprint density at radius 3 is 2.57 bits per heavy atom. The molecule has 0 amide bonds. The zero-order valence-corrected chi connectivity index (χ0v) is 16.6. The number of benzene rings is 1. The van der Waals surface area contributed by atoms with Crippen LogP contribution >= 0.6 is 0 Å². The highest BCUT2D eigenvalue weighted by Gasteiger charge is 2.42. The number of methoxy groups -OCH3 is 1. The van der Waals surface area contributed by atoms with E-state index in [4.69, 9.17) is 9.47 Å². The Hall–Kier alpha value is -3.07. The van der Waals surface area contributed by atoms with Crippen LogP contribution in [0.3, 0.4) is 0 Å². The third-order valence-electron chi connectivity index (χ3n) is 4.59. The summed E-state index contributed by atoms with van der Waals surface area (Å²) in [6, 6.07) is 6.50. The maximum atomic E-state index is 13.8. The molecule has 3 rings (SSSR count). The molecule has 2 N–H and O–H groups in total. The summed E-state index contributed by atoms with van der Waals surface area (Å²) >= 11 is 0. The summed E-state index contributed by atoms with van der Waals surface area (Å²) in [4.78, 5) is 16.4. The van der Waals surface area contributed by atoms with Crippen LogP contribution in [0.15, 0.2) is 47.8 Å². The Bertz CT molecular complexity index is 986. The van der Waals surface area contributed by atoms with Gasteiger partial charge in [-0.25, -0.2) is 9.78 Å². The summed E-state index contributed by atoms with van der Waals surface area (Å²) in [5.74, 6) is -2.54. The second kappa shape index (κ2) is 8.35. The van der Waals surface area contributed by atoms with Gasteiger partial charge in [-0.2, -0.15) is 13.2 Å². The number of rotatable bonds is 6. The van der Waals surface area contributed by atoms with Gasteiger partial charge in [0, 0.05) is 24.6 Å². The van der Waals surface area contributed by atoms with Crippen molar-refractivity contribution in [2.45, 2.75) is 32.0 Å². The van der Waals surface area contributed by atoms with E-state index in [0.717, 1.165) is 6.07 Å². The molecule has 0 saturated carbocycles. The van der Waals surface area contributed by atoms with Gasteiger partial charge in [-0.3, -0.25) is 0 Å². The predicted octanol–water partition coefficient (Wildman–Crippen LogP) is 4.43. The van der Waals surface area contributed by atoms with E-state index in [2.05, 4.69) is 10.3 Å². The van der Waals surface area contributed by atoms with Crippen molar-refractivity contribution in [2.75, 3.05) is 19.0 Å². The zero-order chi connectivity index (χ0) is 22.1. The highest BCUT2D eigenvalue weighted by molar-refractivity contribution is 5.94. The van der Waals surface area contributed by atoms with Crippen molar-refractivity contribution >= 4 is 11.7 Å². The van der Waals surface area contributed by atoms with E-state index in [1.807, 2.05) is 0 Å². The van der Waals surface area contributed by atoms with Crippen molar-refractivity contribution < 1.29 is 32.5 Å². The zero-order valence-electron chi connectivity index (χ0n) is 16.6. The molecule has 1 aromatic carbocycles. The fraction of sp³-hybridized carbons (Fsp3) is 0.333. The van der Waals surface area contributed by atoms with Crippen molar-refractivity contribution in [3.63, 3.8) is 0 Å². The molecule has 2 aromatic rings. The second-order valence-corrected chi connectivity index (χ2v) is 7.02. The average Bonchev–Trinajstić information content (AvgIpc) is 2.66. The summed E-state index contributed by atoms with van der Waals surface area (Å²) < 4.78 is 52.3. The van der Waals surface area contributed by atoms with Crippen LogP contribution in [0.1, 0.15) is 36.5 Å². The van der Waals surface area contributed by atoms with Gasteiger partial charge < -0.3 is 19.9 Å². The fourth-order valence-electron chi connectivity index (χ4n) is 3.54. The Morgan fingerprint density at radius 2 is 1.97 bits per heavy atom. The third kappa shape index (κ3) is 4.11. The van der Waals surface area contributed by atoms with Crippen molar-refractivity contribution in [3.05, 3.63) is 64.5 Å². The predicted molar refractivity (Wildman–Crippen MR) is 103 cm³/mol. The first-order valence-corrected chi connectivity index (χ1v) is 9.19. The molecule has 30 heavy (non-hydrogen) atoms. The summed E-state index contributed by atoms with van der Waals surface area (Å²) in [6.45, 7) is 3.38. The van der Waals surface area contributed by atoms with E-state index in [9.17, 15) is 23.1 Å². The minimum absolute atomic E-state index is 0.0761. The van der Waals surface area contributed by atoms with Crippen LogP contribution in [0, 0.1) is 0 Å². The van der Waals surface area contributed by atoms with Gasteiger partial charge in [-0.15, -0.1) is 0 Å². The fourth-order valence-corrected chi connectivity index (χ4v) is 3.54. The molecule has 1 aromatic heterocycles. The van der Waals surface area contributed by atoms with Gasteiger partial charge in [0.25, 0.3) is 0 Å². The summed E-state index contributed by atoms with van der Waals surface area (Å²) in [7, 11) is 1.38. The van der Waals surface area contributed by atoms with E-state index in [1.54, 1.807) is 19.9 Å². The number of pyridine rings is 1. The number of aliphatic carboxylic acids is 1. The molecule has 0 aliphatic carbocycles. The molecule has 1 aliphatic rings. The van der Waals surface area contributed by atoms with Crippen LogP contribution in [0.25, 0.3) is 0 Å². The van der Waals surface area contributed by atoms with Crippen LogP contribution in [-0.2, 0) is 15.7 Å². The number of nitrogens with zero attached hydrogens (tertiary/aromatic N) is 1. The minimum Gasteiger partial charge on any atom is -0.478 e. The molecule has 1 unspecified atom stereocenters. The SMILES string of the molecule is COCC1=C(C(=O)O)C(c2ccccc2C(F)(F)F)c2c(ccnc2OC(C)C)N1. The first-order chi connectivity index (χ1) is 14.1. The number of alkyl halides is 3. The Kier molecular flexibility index (Phi) is 6.02. The maximum Gasteiger partial charge on any atom is 0.416 e. The lowest BCUT2D eigenvalue weighted by atomic mass is 9.79. The molecular formula is C21H21F3N2O4. The monoisotopic (exact) mass is 422 g/mol. The molecule has 160 valence electrons. The lowest BCUT2D eigenvalue weighted by Gasteiger charge is -2.32. The molecule has 0 fully saturated rings. The van der Waals surface area contributed by atoms with Crippen LogP contribution in [0.2, 0.25) is 0 Å².